The number of guanidine groups is 1. The van der Waals surface area contributed by atoms with E-state index in [4.69, 9.17) is 15.5 Å². The highest BCUT2D eigenvalue weighted by Crippen LogP contribution is 2.34. The number of anilines is 1. The molecule has 152 valence electrons. The van der Waals surface area contributed by atoms with Gasteiger partial charge in [0.1, 0.15) is 0 Å². The van der Waals surface area contributed by atoms with Gasteiger partial charge in [-0.15, -0.1) is 24.0 Å². The lowest BCUT2D eigenvalue weighted by molar-refractivity contribution is -0.0823. The fourth-order valence-electron chi connectivity index (χ4n) is 3.89. The zero-order valence-corrected chi connectivity index (χ0v) is 19.0. The van der Waals surface area contributed by atoms with Crippen LogP contribution < -0.4 is 10.6 Å². The zero-order valence-electron chi connectivity index (χ0n) is 16.7. The van der Waals surface area contributed by atoms with Crippen LogP contribution in [0.4, 0.5) is 5.95 Å². The molecule has 1 aromatic heterocycles. The van der Waals surface area contributed by atoms with E-state index < -0.39 is 0 Å². The smallest absolute Gasteiger partial charge is 0.225 e. The standard InChI is InChI=1S/C19H32N6O.HI/c1-19(2,3)16-15(6-4-13-26-16)14-23-17(20)24-9-11-25(12-10-24)18-21-7-5-8-22-18;/h5,7-8,15-16H,4,6,9-14H2,1-3H3,(H2,20,23);1H. The summed E-state index contributed by atoms with van der Waals surface area (Å²) in [5, 5.41) is 0. The molecule has 3 heterocycles. The summed E-state index contributed by atoms with van der Waals surface area (Å²) in [6, 6.07) is 1.84. The van der Waals surface area contributed by atoms with Crippen molar-refractivity contribution < 1.29 is 4.74 Å². The fourth-order valence-corrected chi connectivity index (χ4v) is 3.89. The lowest BCUT2D eigenvalue weighted by Crippen LogP contribution is -2.51. The van der Waals surface area contributed by atoms with Crippen LogP contribution >= 0.6 is 24.0 Å². The number of ether oxygens (including phenoxy) is 1. The molecule has 1 aromatic rings. The van der Waals surface area contributed by atoms with Gasteiger partial charge in [0, 0.05) is 57.6 Å². The maximum atomic E-state index is 6.29. The summed E-state index contributed by atoms with van der Waals surface area (Å²) in [6.07, 6.45) is 6.09. The van der Waals surface area contributed by atoms with Crippen molar-refractivity contribution in [2.24, 2.45) is 22.1 Å². The molecule has 0 amide bonds. The number of piperazine rings is 1. The third-order valence-electron chi connectivity index (χ3n) is 5.22. The van der Waals surface area contributed by atoms with Gasteiger partial charge in [-0.25, -0.2) is 9.97 Å². The second kappa shape index (κ2) is 9.86. The molecule has 0 spiro atoms. The number of aliphatic imine (C=N–C) groups is 1. The number of halogens is 1. The van der Waals surface area contributed by atoms with Crippen LogP contribution in [0.3, 0.4) is 0 Å². The molecule has 8 heteroatoms. The highest BCUT2D eigenvalue weighted by Gasteiger charge is 2.35. The summed E-state index contributed by atoms with van der Waals surface area (Å²) in [7, 11) is 0. The molecule has 2 saturated heterocycles. The van der Waals surface area contributed by atoms with Crippen molar-refractivity contribution in [3.63, 3.8) is 0 Å². The van der Waals surface area contributed by atoms with Gasteiger partial charge in [0.15, 0.2) is 5.96 Å². The Bertz CT molecular complexity index is 598. The summed E-state index contributed by atoms with van der Waals surface area (Å²) in [5.74, 6) is 1.88. The van der Waals surface area contributed by atoms with Gasteiger partial charge < -0.3 is 20.3 Å². The van der Waals surface area contributed by atoms with Crippen LogP contribution in [0.25, 0.3) is 0 Å². The average Bonchev–Trinajstić information content (AvgIpc) is 2.66. The second-order valence-electron chi connectivity index (χ2n) is 8.28. The zero-order chi connectivity index (χ0) is 18.6. The van der Waals surface area contributed by atoms with Crippen molar-refractivity contribution in [3.8, 4) is 0 Å². The fraction of sp³-hybridized carbons (Fsp3) is 0.737. The second-order valence-corrected chi connectivity index (χ2v) is 8.28. The Morgan fingerprint density at radius 3 is 2.52 bits per heavy atom. The molecule has 27 heavy (non-hydrogen) atoms. The monoisotopic (exact) mass is 488 g/mol. The molecule has 0 bridgehead atoms. The summed E-state index contributed by atoms with van der Waals surface area (Å²) in [6.45, 7) is 11.7. The van der Waals surface area contributed by atoms with Crippen LogP contribution in [-0.2, 0) is 4.74 Å². The Morgan fingerprint density at radius 2 is 1.89 bits per heavy atom. The normalized spacial score (nSPS) is 24.5. The predicted molar refractivity (Wildman–Crippen MR) is 120 cm³/mol. The quantitative estimate of drug-likeness (QED) is 0.400. The van der Waals surface area contributed by atoms with Crippen LogP contribution in [0.2, 0.25) is 0 Å². The van der Waals surface area contributed by atoms with E-state index in [2.05, 4.69) is 40.5 Å². The molecule has 2 aliphatic rings. The molecule has 0 aromatic carbocycles. The van der Waals surface area contributed by atoms with Gasteiger partial charge in [-0.05, 0) is 24.3 Å². The van der Waals surface area contributed by atoms with Crippen molar-refractivity contribution in [1.29, 1.82) is 0 Å². The van der Waals surface area contributed by atoms with Gasteiger partial charge in [-0.2, -0.15) is 0 Å². The van der Waals surface area contributed by atoms with E-state index >= 15 is 0 Å². The first-order chi connectivity index (χ1) is 12.4. The lowest BCUT2D eigenvalue weighted by Gasteiger charge is -2.40. The number of nitrogens with zero attached hydrogens (tertiary/aromatic N) is 5. The molecule has 2 fully saturated rings. The van der Waals surface area contributed by atoms with Crippen molar-refractivity contribution in [1.82, 2.24) is 14.9 Å². The SMILES string of the molecule is CC(C)(C)C1OCCCC1CN=C(N)N1CCN(c2ncccn2)CC1.I. The van der Waals surface area contributed by atoms with Crippen molar-refractivity contribution in [2.75, 3.05) is 44.2 Å². The minimum Gasteiger partial charge on any atom is -0.377 e. The van der Waals surface area contributed by atoms with E-state index in [-0.39, 0.29) is 35.5 Å². The van der Waals surface area contributed by atoms with Crippen molar-refractivity contribution in [2.45, 2.75) is 39.7 Å². The summed E-state index contributed by atoms with van der Waals surface area (Å²) < 4.78 is 6.05. The molecule has 0 radical (unpaired) electrons. The van der Waals surface area contributed by atoms with Crippen LogP contribution in [0.1, 0.15) is 33.6 Å². The summed E-state index contributed by atoms with van der Waals surface area (Å²) in [4.78, 5) is 17.7. The van der Waals surface area contributed by atoms with E-state index in [0.29, 0.717) is 11.9 Å². The first-order valence-corrected chi connectivity index (χ1v) is 9.63. The highest BCUT2D eigenvalue weighted by molar-refractivity contribution is 14.0. The topological polar surface area (TPSA) is 79.9 Å². The minimum absolute atomic E-state index is 0. The third kappa shape index (κ3) is 5.91. The van der Waals surface area contributed by atoms with Gasteiger partial charge in [-0.3, -0.25) is 4.99 Å². The van der Waals surface area contributed by atoms with E-state index in [1.54, 1.807) is 12.4 Å². The van der Waals surface area contributed by atoms with E-state index in [1.165, 1.54) is 0 Å². The molecule has 0 aliphatic carbocycles. The van der Waals surface area contributed by atoms with E-state index in [0.717, 1.165) is 58.1 Å². The van der Waals surface area contributed by atoms with Crippen LogP contribution in [0.5, 0.6) is 0 Å². The van der Waals surface area contributed by atoms with Crippen LogP contribution in [-0.4, -0.2) is 66.3 Å². The van der Waals surface area contributed by atoms with E-state index in [1.807, 2.05) is 6.07 Å². The Kier molecular flexibility index (Phi) is 8.08. The molecular formula is C19H33IN6O. The number of nitrogens with two attached hydrogens (primary N) is 1. The molecule has 2 N–H and O–H groups in total. The third-order valence-corrected chi connectivity index (χ3v) is 5.22. The van der Waals surface area contributed by atoms with Crippen LogP contribution in [0.15, 0.2) is 23.5 Å². The average molecular weight is 488 g/mol. The maximum absolute atomic E-state index is 6.29. The largest absolute Gasteiger partial charge is 0.377 e. The van der Waals surface area contributed by atoms with Crippen LogP contribution in [0, 0.1) is 11.3 Å². The number of hydrogen-bond acceptors (Lipinski definition) is 5. The molecular weight excluding hydrogens is 455 g/mol. The number of hydrogen-bond donors (Lipinski definition) is 1. The van der Waals surface area contributed by atoms with E-state index in [9.17, 15) is 0 Å². The maximum Gasteiger partial charge on any atom is 0.225 e. The number of aromatic nitrogens is 2. The van der Waals surface area contributed by atoms with Gasteiger partial charge in [-0.1, -0.05) is 20.8 Å². The Labute approximate surface area is 179 Å². The summed E-state index contributed by atoms with van der Waals surface area (Å²) >= 11 is 0. The first-order valence-electron chi connectivity index (χ1n) is 9.63. The molecule has 3 rings (SSSR count). The van der Waals surface area contributed by atoms with Gasteiger partial charge in [0.2, 0.25) is 5.95 Å². The Morgan fingerprint density at radius 1 is 1.22 bits per heavy atom. The van der Waals surface area contributed by atoms with Gasteiger partial charge >= 0.3 is 0 Å². The van der Waals surface area contributed by atoms with Gasteiger partial charge in [0.05, 0.1) is 6.10 Å². The minimum atomic E-state index is 0. The Balaban J connectivity index is 0.00000261. The first kappa shape index (κ1) is 22.1. The predicted octanol–water partition coefficient (Wildman–Crippen LogP) is 2.37. The highest BCUT2D eigenvalue weighted by atomic mass is 127. The lowest BCUT2D eigenvalue weighted by atomic mass is 9.78. The van der Waals surface area contributed by atoms with Crippen molar-refractivity contribution >= 4 is 35.9 Å². The summed E-state index contributed by atoms with van der Waals surface area (Å²) in [5.41, 5.74) is 6.43. The molecule has 2 atom stereocenters. The molecule has 0 saturated carbocycles. The molecule has 2 aliphatic heterocycles. The van der Waals surface area contributed by atoms with Gasteiger partial charge in [0.25, 0.3) is 0 Å². The number of rotatable bonds is 3. The Hall–Kier alpha value is -1.16. The van der Waals surface area contributed by atoms with Crippen molar-refractivity contribution in [3.05, 3.63) is 18.5 Å². The molecule has 7 nitrogen and oxygen atoms in total. The molecule has 2 unspecified atom stereocenters.